The lowest BCUT2D eigenvalue weighted by Gasteiger charge is -2.32. The maximum atomic E-state index is 14.0. The highest BCUT2D eigenvalue weighted by Crippen LogP contribution is 2.26. The quantitative estimate of drug-likeness (QED) is 0.870. The first-order chi connectivity index (χ1) is 10.1. The molecular weight excluding hydrogens is 285 g/mol. The van der Waals surface area contributed by atoms with Crippen LogP contribution in [0.15, 0.2) is 18.2 Å². The lowest BCUT2D eigenvalue weighted by Crippen LogP contribution is -2.40. The van der Waals surface area contributed by atoms with E-state index >= 15 is 0 Å². The minimum atomic E-state index is -0.318. The minimum absolute atomic E-state index is 0.117. The molecule has 1 aromatic rings. The Labute approximate surface area is 130 Å². The molecule has 5 heteroatoms. The molecule has 0 bridgehead atoms. The molecule has 2 N–H and O–H groups in total. The summed E-state index contributed by atoms with van der Waals surface area (Å²) in [5.41, 5.74) is 6.78. The molecule has 0 radical (unpaired) electrons. The highest BCUT2D eigenvalue weighted by molar-refractivity contribution is 7.80. The SMILES string of the molecule is NC(=S)c1ccc(N2CCC(N3CCCCC3)C2)cc1F. The Balaban J connectivity index is 1.68. The first kappa shape index (κ1) is 14.7. The molecule has 2 aliphatic rings. The number of piperidine rings is 1. The molecule has 1 unspecified atom stereocenters. The first-order valence-corrected chi connectivity index (χ1v) is 8.14. The van der Waals surface area contributed by atoms with Crippen LogP contribution < -0.4 is 10.6 Å². The van der Waals surface area contributed by atoms with Crippen LogP contribution in [0.5, 0.6) is 0 Å². The Bertz CT molecular complexity index is 528. The molecular formula is C16H22FN3S. The summed E-state index contributed by atoms with van der Waals surface area (Å²) < 4.78 is 14.0. The number of thiocarbonyl (C=S) groups is 1. The van der Waals surface area contributed by atoms with Gasteiger partial charge in [-0.1, -0.05) is 18.6 Å². The Morgan fingerprint density at radius 1 is 1.19 bits per heavy atom. The zero-order valence-corrected chi connectivity index (χ0v) is 13.0. The van der Waals surface area contributed by atoms with E-state index in [2.05, 4.69) is 9.80 Å². The van der Waals surface area contributed by atoms with Crippen molar-refractivity contribution in [3.63, 3.8) is 0 Å². The van der Waals surface area contributed by atoms with Gasteiger partial charge in [-0.05, 0) is 50.6 Å². The van der Waals surface area contributed by atoms with Crippen molar-refractivity contribution in [2.75, 3.05) is 31.1 Å². The topological polar surface area (TPSA) is 32.5 Å². The smallest absolute Gasteiger partial charge is 0.135 e. The van der Waals surface area contributed by atoms with Gasteiger partial charge in [0.15, 0.2) is 0 Å². The summed E-state index contributed by atoms with van der Waals surface area (Å²) in [5.74, 6) is -0.318. The van der Waals surface area contributed by atoms with Crippen LogP contribution in [0.25, 0.3) is 0 Å². The minimum Gasteiger partial charge on any atom is -0.389 e. The van der Waals surface area contributed by atoms with Gasteiger partial charge in [0, 0.05) is 30.4 Å². The molecule has 1 aromatic carbocycles. The van der Waals surface area contributed by atoms with Crippen LogP contribution in [-0.4, -0.2) is 42.1 Å². The van der Waals surface area contributed by atoms with E-state index in [-0.39, 0.29) is 10.8 Å². The second-order valence-electron chi connectivity index (χ2n) is 6.01. The molecule has 0 spiro atoms. The third-order valence-corrected chi connectivity index (χ3v) is 4.87. The van der Waals surface area contributed by atoms with Crippen molar-refractivity contribution in [3.05, 3.63) is 29.6 Å². The Hall–Kier alpha value is -1.20. The molecule has 3 rings (SSSR count). The summed E-state index contributed by atoms with van der Waals surface area (Å²) in [7, 11) is 0. The fraction of sp³-hybridized carbons (Fsp3) is 0.562. The standard InChI is InChI=1S/C16H22FN3S/c17-15-10-12(4-5-14(15)16(18)21)20-9-6-13(11-20)19-7-2-1-3-8-19/h4-5,10,13H,1-3,6-9,11H2,(H2,18,21). The molecule has 3 nitrogen and oxygen atoms in total. The Morgan fingerprint density at radius 3 is 2.62 bits per heavy atom. The lowest BCUT2D eigenvalue weighted by molar-refractivity contribution is 0.175. The van der Waals surface area contributed by atoms with Crippen LogP contribution in [-0.2, 0) is 0 Å². The number of nitrogens with two attached hydrogens (primary N) is 1. The number of benzene rings is 1. The monoisotopic (exact) mass is 307 g/mol. The predicted octanol–water partition coefficient (Wildman–Crippen LogP) is 2.52. The predicted molar refractivity (Wildman–Crippen MR) is 88.3 cm³/mol. The second-order valence-corrected chi connectivity index (χ2v) is 6.45. The van der Waals surface area contributed by atoms with Gasteiger partial charge in [-0.3, -0.25) is 4.90 Å². The van der Waals surface area contributed by atoms with Crippen molar-refractivity contribution in [2.45, 2.75) is 31.7 Å². The number of nitrogens with zero attached hydrogens (tertiary/aromatic N) is 2. The maximum absolute atomic E-state index is 14.0. The van der Waals surface area contributed by atoms with E-state index in [1.54, 1.807) is 12.1 Å². The number of hydrogen-bond donors (Lipinski definition) is 1. The van der Waals surface area contributed by atoms with Crippen LogP contribution in [0, 0.1) is 5.82 Å². The molecule has 2 saturated heterocycles. The number of rotatable bonds is 3. The molecule has 114 valence electrons. The molecule has 0 amide bonds. The van der Waals surface area contributed by atoms with Crippen LogP contribution in [0.2, 0.25) is 0 Å². The Morgan fingerprint density at radius 2 is 1.95 bits per heavy atom. The summed E-state index contributed by atoms with van der Waals surface area (Å²) in [5, 5.41) is 0. The van der Waals surface area contributed by atoms with E-state index in [0.29, 0.717) is 11.6 Å². The van der Waals surface area contributed by atoms with Gasteiger partial charge >= 0.3 is 0 Å². The average molecular weight is 307 g/mol. The fourth-order valence-corrected chi connectivity index (χ4v) is 3.62. The number of halogens is 1. The summed E-state index contributed by atoms with van der Waals surface area (Å²) in [6.45, 7) is 4.42. The van der Waals surface area contributed by atoms with Crippen molar-refractivity contribution in [1.29, 1.82) is 0 Å². The summed E-state index contributed by atoms with van der Waals surface area (Å²) in [6, 6.07) is 5.80. The number of anilines is 1. The van der Waals surface area contributed by atoms with Crippen molar-refractivity contribution >= 4 is 22.9 Å². The Kier molecular flexibility index (Phi) is 4.40. The van der Waals surface area contributed by atoms with Crippen LogP contribution >= 0.6 is 12.2 Å². The highest BCUT2D eigenvalue weighted by atomic mass is 32.1. The molecule has 2 fully saturated rings. The maximum Gasteiger partial charge on any atom is 0.135 e. The summed E-state index contributed by atoms with van der Waals surface area (Å²) in [6.07, 6.45) is 5.15. The van der Waals surface area contributed by atoms with Gasteiger partial charge in [-0.2, -0.15) is 0 Å². The van der Waals surface area contributed by atoms with Gasteiger partial charge in [-0.25, -0.2) is 4.39 Å². The van der Waals surface area contributed by atoms with Gasteiger partial charge in [0.05, 0.1) is 0 Å². The van der Waals surface area contributed by atoms with Gasteiger partial charge in [0.25, 0.3) is 0 Å². The van der Waals surface area contributed by atoms with E-state index < -0.39 is 0 Å². The van der Waals surface area contributed by atoms with Gasteiger partial charge < -0.3 is 10.6 Å². The molecule has 0 aromatic heterocycles. The first-order valence-electron chi connectivity index (χ1n) is 7.73. The third kappa shape index (κ3) is 3.19. The largest absolute Gasteiger partial charge is 0.389 e. The molecule has 0 saturated carbocycles. The highest BCUT2D eigenvalue weighted by Gasteiger charge is 2.28. The van der Waals surface area contributed by atoms with Crippen molar-refractivity contribution < 1.29 is 4.39 Å². The summed E-state index contributed by atoms with van der Waals surface area (Å²) in [4.78, 5) is 4.99. The zero-order valence-electron chi connectivity index (χ0n) is 12.2. The van der Waals surface area contributed by atoms with E-state index in [9.17, 15) is 4.39 Å². The zero-order chi connectivity index (χ0) is 14.8. The molecule has 2 heterocycles. The lowest BCUT2D eigenvalue weighted by atomic mass is 10.1. The normalized spacial score (nSPS) is 23.5. The second kappa shape index (κ2) is 6.28. The van der Waals surface area contributed by atoms with Crippen molar-refractivity contribution in [1.82, 2.24) is 4.90 Å². The summed E-state index contributed by atoms with van der Waals surface area (Å²) >= 11 is 4.85. The number of hydrogen-bond acceptors (Lipinski definition) is 3. The van der Waals surface area contributed by atoms with Gasteiger partial charge in [0.2, 0.25) is 0 Å². The van der Waals surface area contributed by atoms with Crippen molar-refractivity contribution in [3.8, 4) is 0 Å². The van der Waals surface area contributed by atoms with Gasteiger partial charge in [0.1, 0.15) is 10.8 Å². The van der Waals surface area contributed by atoms with E-state index in [0.717, 1.165) is 18.8 Å². The molecule has 0 aliphatic carbocycles. The average Bonchev–Trinajstić information content (AvgIpc) is 2.97. The van der Waals surface area contributed by atoms with Gasteiger partial charge in [-0.15, -0.1) is 0 Å². The molecule has 2 aliphatic heterocycles. The number of likely N-dealkylation sites (tertiary alicyclic amines) is 1. The van der Waals surface area contributed by atoms with Crippen molar-refractivity contribution in [2.24, 2.45) is 5.73 Å². The van der Waals surface area contributed by atoms with Crippen LogP contribution in [0.4, 0.5) is 10.1 Å². The van der Waals surface area contributed by atoms with Crippen LogP contribution in [0.3, 0.4) is 0 Å². The van der Waals surface area contributed by atoms with E-state index in [1.807, 2.05) is 6.07 Å². The van der Waals surface area contributed by atoms with Crippen LogP contribution in [0.1, 0.15) is 31.2 Å². The van der Waals surface area contributed by atoms with E-state index in [4.69, 9.17) is 18.0 Å². The van der Waals surface area contributed by atoms with E-state index in [1.165, 1.54) is 38.8 Å². The third-order valence-electron chi connectivity index (χ3n) is 4.65. The molecule has 21 heavy (non-hydrogen) atoms. The fourth-order valence-electron chi connectivity index (χ4n) is 3.46. The molecule has 1 atom stereocenters.